The maximum Gasteiger partial charge on any atom is 0.135 e. The Bertz CT molecular complexity index is 752. The van der Waals surface area contributed by atoms with Gasteiger partial charge in [-0.15, -0.1) is 0 Å². The number of rotatable bonds is 6. The number of nitrogens with two attached hydrogens (primary N) is 1. The van der Waals surface area contributed by atoms with Crippen molar-refractivity contribution in [1.82, 2.24) is 0 Å². The minimum Gasteiger partial charge on any atom is -0.376 e. The monoisotopic (exact) mass is 367 g/mol. The van der Waals surface area contributed by atoms with Crippen LogP contribution in [0.3, 0.4) is 0 Å². The van der Waals surface area contributed by atoms with E-state index in [1.54, 1.807) is 13.3 Å². The lowest BCUT2D eigenvalue weighted by molar-refractivity contribution is 0.0225. The highest BCUT2D eigenvalue weighted by Crippen LogP contribution is 2.29. The summed E-state index contributed by atoms with van der Waals surface area (Å²) >= 11 is 0. The van der Waals surface area contributed by atoms with Gasteiger partial charge in [0.15, 0.2) is 0 Å². The number of methoxy groups -OCH3 is 1. The molecule has 1 saturated heterocycles. The fraction of sp³-hybridized carbons (Fsp3) is 0.545. The highest BCUT2D eigenvalue weighted by molar-refractivity contribution is 6.34. The highest BCUT2D eigenvalue weighted by atomic mass is 16.5. The number of hydrazone groups is 1. The van der Waals surface area contributed by atoms with Gasteiger partial charge in [-0.3, -0.25) is 4.99 Å². The standard InChI is InChI=1S/C22H29N3O2/c1-22(26-2,19-7-5-6-18(14-19)12-11-17-9-10-17)21(25-23)16-24-15-20-8-3-4-13-27-20/h5-7,14,16-17,20H,3-4,8-10,13,15,23H2,1-2H3/b24-16?,25-21+. The molecule has 1 aromatic rings. The topological polar surface area (TPSA) is 69.2 Å². The minimum atomic E-state index is -0.789. The van der Waals surface area contributed by atoms with E-state index in [9.17, 15) is 0 Å². The van der Waals surface area contributed by atoms with Crippen LogP contribution in [0.15, 0.2) is 34.4 Å². The number of benzene rings is 1. The minimum absolute atomic E-state index is 0.184. The van der Waals surface area contributed by atoms with E-state index in [1.807, 2.05) is 31.2 Å². The number of nitrogens with zero attached hydrogens (tertiary/aromatic N) is 2. The Hall–Kier alpha value is -2.16. The Morgan fingerprint density at radius 3 is 2.89 bits per heavy atom. The first kappa shape index (κ1) is 19.6. The largest absolute Gasteiger partial charge is 0.376 e. The van der Waals surface area contributed by atoms with Crippen LogP contribution in [0, 0.1) is 17.8 Å². The second kappa shape index (κ2) is 9.16. The molecule has 0 spiro atoms. The molecular formula is C22H29N3O2. The zero-order chi connectivity index (χ0) is 19.1. The lowest BCUT2D eigenvalue weighted by Gasteiger charge is -2.28. The Kier molecular flexibility index (Phi) is 6.65. The fourth-order valence-electron chi connectivity index (χ4n) is 3.16. The highest BCUT2D eigenvalue weighted by Gasteiger charge is 2.32. The van der Waals surface area contributed by atoms with Crippen LogP contribution >= 0.6 is 0 Å². The van der Waals surface area contributed by atoms with E-state index < -0.39 is 5.60 Å². The first-order valence-corrected chi connectivity index (χ1v) is 9.72. The number of aliphatic imine (C=N–C) groups is 1. The van der Waals surface area contributed by atoms with E-state index in [4.69, 9.17) is 15.3 Å². The van der Waals surface area contributed by atoms with Crippen molar-refractivity contribution in [3.8, 4) is 11.8 Å². The summed E-state index contributed by atoms with van der Waals surface area (Å²) in [6, 6.07) is 8.06. The Morgan fingerprint density at radius 1 is 1.37 bits per heavy atom. The van der Waals surface area contributed by atoms with Gasteiger partial charge in [0.25, 0.3) is 0 Å². The molecule has 1 aromatic carbocycles. The van der Waals surface area contributed by atoms with Crippen LogP contribution in [-0.4, -0.2) is 38.3 Å². The van der Waals surface area contributed by atoms with E-state index >= 15 is 0 Å². The molecular weight excluding hydrogens is 338 g/mol. The molecule has 0 bridgehead atoms. The van der Waals surface area contributed by atoms with Crippen LogP contribution in [0.5, 0.6) is 0 Å². The van der Waals surface area contributed by atoms with E-state index in [2.05, 4.69) is 21.9 Å². The van der Waals surface area contributed by atoms with Crippen molar-refractivity contribution >= 4 is 11.9 Å². The molecule has 5 nitrogen and oxygen atoms in total. The van der Waals surface area contributed by atoms with Gasteiger partial charge in [-0.1, -0.05) is 24.0 Å². The van der Waals surface area contributed by atoms with Crippen molar-refractivity contribution in [3.05, 3.63) is 35.4 Å². The van der Waals surface area contributed by atoms with Gasteiger partial charge in [0.1, 0.15) is 11.3 Å². The average Bonchev–Trinajstić information content (AvgIpc) is 3.55. The molecule has 2 fully saturated rings. The maximum atomic E-state index is 5.83. The molecule has 144 valence electrons. The summed E-state index contributed by atoms with van der Waals surface area (Å²) in [7, 11) is 1.66. The fourth-order valence-corrected chi connectivity index (χ4v) is 3.16. The lowest BCUT2D eigenvalue weighted by Crippen LogP contribution is -2.37. The van der Waals surface area contributed by atoms with Crippen molar-refractivity contribution < 1.29 is 9.47 Å². The molecule has 0 aromatic heterocycles. The Labute approximate surface area is 162 Å². The van der Waals surface area contributed by atoms with Crippen LogP contribution in [0.2, 0.25) is 0 Å². The van der Waals surface area contributed by atoms with Gasteiger partial charge in [-0.05, 0) is 56.7 Å². The Balaban J connectivity index is 1.75. The van der Waals surface area contributed by atoms with Crippen LogP contribution in [-0.2, 0) is 15.1 Å². The third-order valence-electron chi connectivity index (χ3n) is 5.24. The molecule has 5 heteroatoms. The van der Waals surface area contributed by atoms with Crippen LogP contribution < -0.4 is 5.84 Å². The van der Waals surface area contributed by atoms with E-state index in [-0.39, 0.29) is 6.10 Å². The zero-order valence-corrected chi connectivity index (χ0v) is 16.3. The summed E-state index contributed by atoms with van der Waals surface area (Å²) in [5, 5.41) is 3.97. The molecule has 1 heterocycles. The smallest absolute Gasteiger partial charge is 0.135 e. The summed E-state index contributed by atoms with van der Waals surface area (Å²) in [5.41, 5.74) is 1.72. The van der Waals surface area contributed by atoms with Gasteiger partial charge in [0.2, 0.25) is 0 Å². The summed E-state index contributed by atoms with van der Waals surface area (Å²) < 4.78 is 11.6. The molecule has 2 N–H and O–H groups in total. The lowest BCUT2D eigenvalue weighted by atomic mass is 9.89. The van der Waals surface area contributed by atoms with E-state index in [0.29, 0.717) is 18.2 Å². The van der Waals surface area contributed by atoms with Gasteiger partial charge >= 0.3 is 0 Å². The third-order valence-corrected chi connectivity index (χ3v) is 5.24. The Morgan fingerprint density at radius 2 is 2.22 bits per heavy atom. The van der Waals surface area contributed by atoms with Crippen molar-refractivity contribution in [2.75, 3.05) is 20.3 Å². The van der Waals surface area contributed by atoms with Gasteiger partial charge in [0.05, 0.1) is 12.6 Å². The van der Waals surface area contributed by atoms with Crippen molar-refractivity contribution in [2.24, 2.45) is 21.9 Å². The van der Waals surface area contributed by atoms with Crippen molar-refractivity contribution in [2.45, 2.75) is 50.7 Å². The van der Waals surface area contributed by atoms with Gasteiger partial charge in [-0.25, -0.2) is 0 Å². The number of ether oxygens (including phenoxy) is 2. The first-order valence-electron chi connectivity index (χ1n) is 9.72. The molecule has 3 rings (SSSR count). The van der Waals surface area contributed by atoms with Crippen molar-refractivity contribution in [3.63, 3.8) is 0 Å². The molecule has 0 radical (unpaired) electrons. The van der Waals surface area contributed by atoms with Crippen molar-refractivity contribution in [1.29, 1.82) is 0 Å². The van der Waals surface area contributed by atoms with Gasteiger partial charge in [0, 0.05) is 31.4 Å². The molecule has 2 atom stereocenters. The van der Waals surface area contributed by atoms with E-state index in [0.717, 1.165) is 30.6 Å². The third kappa shape index (κ3) is 5.18. The average molecular weight is 367 g/mol. The molecule has 27 heavy (non-hydrogen) atoms. The summed E-state index contributed by atoms with van der Waals surface area (Å²) in [4.78, 5) is 4.53. The molecule has 2 aliphatic rings. The van der Waals surface area contributed by atoms with Crippen LogP contribution in [0.1, 0.15) is 50.2 Å². The van der Waals surface area contributed by atoms with E-state index in [1.165, 1.54) is 19.3 Å². The second-order valence-corrected chi connectivity index (χ2v) is 7.36. The quantitative estimate of drug-likeness (QED) is 0.363. The summed E-state index contributed by atoms with van der Waals surface area (Å²) in [5.74, 6) is 12.8. The number of hydrogen-bond acceptors (Lipinski definition) is 5. The predicted octanol–water partition coefficient (Wildman–Crippen LogP) is 3.26. The molecule has 1 aliphatic heterocycles. The first-order chi connectivity index (χ1) is 13.2. The predicted molar refractivity (Wildman–Crippen MR) is 109 cm³/mol. The van der Waals surface area contributed by atoms with Gasteiger partial charge in [-0.2, -0.15) is 5.10 Å². The zero-order valence-electron chi connectivity index (χ0n) is 16.3. The molecule has 2 unspecified atom stereocenters. The SMILES string of the molecule is COC(C)(/C(C=NCC1CCCCO1)=N/N)c1cccc(C#CC2CC2)c1. The van der Waals surface area contributed by atoms with Crippen LogP contribution in [0.25, 0.3) is 0 Å². The van der Waals surface area contributed by atoms with Crippen LogP contribution in [0.4, 0.5) is 0 Å². The molecule has 1 saturated carbocycles. The number of hydrogen-bond donors (Lipinski definition) is 1. The second-order valence-electron chi connectivity index (χ2n) is 7.36. The van der Waals surface area contributed by atoms with Gasteiger partial charge < -0.3 is 15.3 Å². The summed E-state index contributed by atoms with van der Waals surface area (Å²) in [6.45, 7) is 3.39. The molecule has 0 amide bonds. The maximum absolute atomic E-state index is 5.83. The summed E-state index contributed by atoms with van der Waals surface area (Å²) in [6.07, 6.45) is 7.71. The normalized spacial score (nSPS) is 22.9. The molecule has 1 aliphatic carbocycles.